The molecule has 0 saturated carbocycles. The number of carbonyl (C=O) groups excluding carboxylic acids is 1. The van der Waals surface area contributed by atoms with E-state index in [1.165, 1.54) is 28.7 Å². The third-order valence-corrected chi connectivity index (χ3v) is 7.22. The number of nitrogens with zero attached hydrogens (tertiary/aromatic N) is 3. The molecule has 5 rings (SSSR count). The predicted octanol–water partition coefficient (Wildman–Crippen LogP) is 4.00. The number of hydrogen-bond donors (Lipinski definition) is 2. The number of hydrogen-bond acceptors (Lipinski definition) is 6. The van der Waals surface area contributed by atoms with Gasteiger partial charge in [-0.05, 0) is 56.7 Å². The molecule has 6 nitrogen and oxygen atoms in total. The molecular formula is C23H27N5OS. The molecule has 0 bridgehead atoms. The van der Waals surface area contributed by atoms with Gasteiger partial charge in [0, 0.05) is 29.7 Å². The lowest BCUT2D eigenvalue weighted by Gasteiger charge is -2.32. The molecule has 1 fully saturated rings. The van der Waals surface area contributed by atoms with Crippen LogP contribution >= 0.6 is 11.3 Å². The molecule has 1 aromatic carbocycles. The Morgan fingerprint density at radius 2 is 1.97 bits per heavy atom. The van der Waals surface area contributed by atoms with Gasteiger partial charge < -0.3 is 10.6 Å². The number of aromatic nitrogens is 2. The molecule has 1 aliphatic heterocycles. The molecule has 1 amide bonds. The lowest BCUT2D eigenvalue weighted by Crippen LogP contribution is -2.42. The number of anilines is 2. The van der Waals surface area contributed by atoms with Gasteiger partial charge in [-0.2, -0.15) is 0 Å². The summed E-state index contributed by atoms with van der Waals surface area (Å²) in [5, 5.41) is 7.95. The molecule has 1 aliphatic carbocycles. The molecule has 2 aromatic heterocycles. The van der Waals surface area contributed by atoms with E-state index in [9.17, 15) is 4.79 Å². The minimum atomic E-state index is 0.0505. The number of para-hydroxylation sites is 1. The molecule has 0 atom stereocenters. The summed E-state index contributed by atoms with van der Waals surface area (Å²) in [7, 11) is 0. The second-order valence-corrected chi connectivity index (χ2v) is 9.35. The highest BCUT2D eigenvalue weighted by molar-refractivity contribution is 7.19. The smallest absolute Gasteiger partial charge is 0.238 e. The van der Waals surface area contributed by atoms with Crippen LogP contribution in [0.3, 0.4) is 0 Å². The number of aryl methyl sites for hydroxylation is 3. The number of piperidine rings is 1. The van der Waals surface area contributed by atoms with Crippen molar-refractivity contribution in [2.45, 2.75) is 45.1 Å². The average molecular weight is 422 g/mol. The normalized spacial score (nSPS) is 17.2. The van der Waals surface area contributed by atoms with Crippen LogP contribution in [-0.2, 0) is 17.6 Å². The van der Waals surface area contributed by atoms with E-state index in [0.717, 1.165) is 54.5 Å². The maximum atomic E-state index is 12.3. The number of thiophene rings is 1. The van der Waals surface area contributed by atoms with Crippen molar-refractivity contribution in [3.05, 3.63) is 46.6 Å². The van der Waals surface area contributed by atoms with Gasteiger partial charge in [-0.15, -0.1) is 11.3 Å². The topological polar surface area (TPSA) is 70.2 Å². The zero-order valence-corrected chi connectivity index (χ0v) is 18.1. The molecule has 2 aliphatic rings. The van der Waals surface area contributed by atoms with E-state index in [4.69, 9.17) is 4.98 Å². The molecule has 1 saturated heterocycles. The van der Waals surface area contributed by atoms with Crippen LogP contribution in [0.4, 0.5) is 11.5 Å². The first-order valence-corrected chi connectivity index (χ1v) is 11.6. The zero-order chi connectivity index (χ0) is 20.5. The number of likely N-dealkylation sites (tertiary alicyclic amines) is 1. The second kappa shape index (κ2) is 8.32. The average Bonchev–Trinajstić information content (AvgIpc) is 3.31. The first kappa shape index (κ1) is 19.5. The molecule has 2 N–H and O–H groups in total. The number of rotatable bonds is 5. The Balaban J connectivity index is 1.20. The van der Waals surface area contributed by atoms with Crippen LogP contribution in [0.2, 0.25) is 0 Å². The summed E-state index contributed by atoms with van der Waals surface area (Å²) in [5.41, 5.74) is 2.32. The second-order valence-electron chi connectivity index (χ2n) is 8.27. The fourth-order valence-electron chi connectivity index (χ4n) is 4.56. The van der Waals surface area contributed by atoms with E-state index < -0.39 is 0 Å². The van der Waals surface area contributed by atoms with Gasteiger partial charge in [0.2, 0.25) is 5.91 Å². The van der Waals surface area contributed by atoms with E-state index in [-0.39, 0.29) is 5.91 Å². The number of fused-ring (bicyclic) bond motifs is 3. The summed E-state index contributed by atoms with van der Waals surface area (Å²) in [5.74, 6) is 1.90. The molecule has 7 heteroatoms. The van der Waals surface area contributed by atoms with Crippen molar-refractivity contribution in [1.29, 1.82) is 0 Å². The highest BCUT2D eigenvalue weighted by Crippen LogP contribution is 2.39. The maximum Gasteiger partial charge on any atom is 0.238 e. The van der Waals surface area contributed by atoms with Gasteiger partial charge in [-0.3, -0.25) is 9.69 Å². The Hall–Kier alpha value is -2.51. The SMILES string of the molecule is Cc1nc(NC2CCN(CC(=O)Nc3ccccc3)CC2)c2c3c(sc2n1)CCC3. The molecule has 0 spiro atoms. The summed E-state index contributed by atoms with van der Waals surface area (Å²) in [4.78, 5) is 26.6. The molecule has 30 heavy (non-hydrogen) atoms. The van der Waals surface area contributed by atoms with Gasteiger partial charge >= 0.3 is 0 Å². The van der Waals surface area contributed by atoms with Crippen molar-refractivity contribution in [3.8, 4) is 0 Å². The van der Waals surface area contributed by atoms with Crippen molar-refractivity contribution < 1.29 is 4.79 Å². The van der Waals surface area contributed by atoms with Crippen molar-refractivity contribution in [2.75, 3.05) is 30.3 Å². The third kappa shape index (κ3) is 4.04. The fraction of sp³-hybridized carbons (Fsp3) is 0.435. The van der Waals surface area contributed by atoms with E-state index in [1.807, 2.05) is 48.6 Å². The van der Waals surface area contributed by atoms with E-state index in [0.29, 0.717) is 12.6 Å². The van der Waals surface area contributed by atoms with Crippen LogP contribution in [0.15, 0.2) is 30.3 Å². The highest BCUT2D eigenvalue weighted by atomic mass is 32.1. The van der Waals surface area contributed by atoms with Crippen LogP contribution in [0, 0.1) is 6.92 Å². The Bertz CT molecular complexity index is 1060. The minimum Gasteiger partial charge on any atom is -0.367 e. The first-order chi connectivity index (χ1) is 14.7. The van der Waals surface area contributed by atoms with Crippen LogP contribution in [0.25, 0.3) is 10.2 Å². The summed E-state index contributed by atoms with van der Waals surface area (Å²) >= 11 is 1.84. The molecule has 3 aromatic rings. The van der Waals surface area contributed by atoms with Gasteiger partial charge in [0.25, 0.3) is 0 Å². The number of amides is 1. The summed E-state index contributed by atoms with van der Waals surface area (Å²) in [6, 6.07) is 10.0. The zero-order valence-electron chi connectivity index (χ0n) is 17.3. The summed E-state index contributed by atoms with van der Waals surface area (Å²) in [6.45, 7) is 4.24. The van der Waals surface area contributed by atoms with E-state index >= 15 is 0 Å². The Morgan fingerprint density at radius 3 is 2.77 bits per heavy atom. The van der Waals surface area contributed by atoms with Crippen LogP contribution in [0.1, 0.15) is 35.5 Å². The van der Waals surface area contributed by atoms with Crippen molar-refractivity contribution in [1.82, 2.24) is 14.9 Å². The Morgan fingerprint density at radius 1 is 1.17 bits per heavy atom. The van der Waals surface area contributed by atoms with E-state index in [1.54, 1.807) is 0 Å². The van der Waals surface area contributed by atoms with Gasteiger partial charge in [0.1, 0.15) is 16.5 Å². The number of carbonyl (C=O) groups is 1. The largest absolute Gasteiger partial charge is 0.367 e. The number of benzene rings is 1. The molecule has 156 valence electrons. The third-order valence-electron chi connectivity index (χ3n) is 6.03. The predicted molar refractivity (Wildman–Crippen MR) is 122 cm³/mol. The summed E-state index contributed by atoms with van der Waals surface area (Å²) in [6.07, 6.45) is 5.59. The van der Waals surface area contributed by atoms with Gasteiger partial charge in [-0.25, -0.2) is 9.97 Å². The van der Waals surface area contributed by atoms with Gasteiger partial charge in [0.05, 0.1) is 11.9 Å². The van der Waals surface area contributed by atoms with Gasteiger partial charge in [-0.1, -0.05) is 18.2 Å². The van der Waals surface area contributed by atoms with Crippen molar-refractivity contribution in [3.63, 3.8) is 0 Å². The Kier molecular flexibility index (Phi) is 5.39. The first-order valence-electron chi connectivity index (χ1n) is 10.8. The Labute approximate surface area is 180 Å². The molecule has 3 heterocycles. The quantitative estimate of drug-likeness (QED) is 0.652. The fourth-order valence-corrected chi connectivity index (χ4v) is 5.87. The van der Waals surface area contributed by atoms with E-state index in [2.05, 4.69) is 20.5 Å². The molecule has 0 unspecified atom stereocenters. The maximum absolute atomic E-state index is 12.3. The standard InChI is InChI=1S/C23H27N5OS/c1-15-24-22(21-18-8-5-9-19(18)30-23(21)25-15)27-17-10-12-28(13-11-17)14-20(29)26-16-6-3-2-4-7-16/h2-4,6-7,17H,5,8-14H2,1H3,(H,26,29)(H,24,25,27). The van der Waals surface area contributed by atoms with Crippen LogP contribution < -0.4 is 10.6 Å². The lowest BCUT2D eigenvalue weighted by molar-refractivity contribution is -0.117. The van der Waals surface area contributed by atoms with Gasteiger partial charge in [0.15, 0.2) is 0 Å². The summed E-state index contributed by atoms with van der Waals surface area (Å²) < 4.78 is 0. The minimum absolute atomic E-state index is 0.0505. The number of nitrogens with one attached hydrogen (secondary N) is 2. The van der Waals surface area contributed by atoms with Crippen LogP contribution in [-0.4, -0.2) is 46.5 Å². The van der Waals surface area contributed by atoms with Crippen molar-refractivity contribution >= 4 is 39.0 Å². The highest BCUT2D eigenvalue weighted by Gasteiger charge is 2.25. The monoisotopic (exact) mass is 421 g/mol. The molecule has 0 radical (unpaired) electrons. The van der Waals surface area contributed by atoms with Crippen LogP contribution in [0.5, 0.6) is 0 Å². The lowest BCUT2D eigenvalue weighted by atomic mass is 10.0. The molecular weight excluding hydrogens is 394 g/mol. The van der Waals surface area contributed by atoms with Crippen molar-refractivity contribution in [2.24, 2.45) is 0 Å².